The second-order valence-electron chi connectivity index (χ2n) is 4.47. The van der Waals surface area contributed by atoms with Crippen LogP contribution in [0.2, 0.25) is 0 Å². The lowest BCUT2D eigenvalue weighted by molar-refractivity contribution is -0.120. The molecule has 0 spiro atoms. The molecule has 5 nitrogen and oxygen atoms in total. The zero-order chi connectivity index (χ0) is 14.5. The largest absolute Gasteiger partial charge is 0.274 e. The third kappa shape index (κ3) is 5.28. The predicted molar refractivity (Wildman–Crippen MR) is 76.0 cm³/mol. The molecule has 1 N–H and O–H groups in total. The van der Waals surface area contributed by atoms with E-state index in [-0.39, 0.29) is 17.2 Å². The number of rotatable bonds is 6. The molecule has 0 aromatic carbocycles. The lowest BCUT2D eigenvalue weighted by Crippen LogP contribution is -2.31. The molecule has 1 aromatic rings. The minimum Gasteiger partial charge on any atom is -0.274 e. The van der Waals surface area contributed by atoms with Gasteiger partial charge in [-0.1, -0.05) is 26.7 Å². The van der Waals surface area contributed by atoms with Crippen LogP contribution in [0, 0.1) is 5.92 Å². The van der Waals surface area contributed by atoms with Crippen LogP contribution in [0.3, 0.4) is 0 Å². The van der Waals surface area contributed by atoms with Gasteiger partial charge in [-0.3, -0.25) is 9.78 Å². The smallest absolute Gasteiger partial charge is 0.265 e. The number of carbonyl (C=O) groups excluding carboxylic acids is 1. The average Bonchev–Trinajstić information content (AvgIpc) is 2.28. The number of amides is 1. The van der Waals surface area contributed by atoms with Crippen LogP contribution in [0.1, 0.15) is 33.1 Å². The molecule has 0 fully saturated rings. The van der Waals surface area contributed by atoms with Crippen molar-refractivity contribution in [2.24, 2.45) is 5.92 Å². The summed E-state index contributed by atoms with van der Waals surface area (Å²) in [5, 5.41) is 0. The van der Waals surface area contributed by atoms with Crippen molar-refractivity contribution in [2.75, 3.05) is 0 Å². The van der Waals surface area contributed by atoms with Crippen molar-refractivity contribution in [1.82, 2.24) is 9.71 Å². The zero-order valence-electron chi connectivity index (χ0n) is 10.9. The van der Waals surface area contributed by atoms with E-state index in [4.69, 9.17) is 0 Å². The summed E-state index contributed by atoms with van der Waals surface area (Å²) in [7, 11) is -3.83. The van der Waals surface area contributed by atoms with Crippen LogP contribution in [0.15, 0.2) is 27.8 Å². The summed E-state index contributed by atoms with van der Waals surface area (Å²) in [5.41, 5.74) is 0. The number of hydrogen-bond donors (Lipinski definition) is 1. The van der Waals surface area contributed by atoms with Gasteiger partial charge in [0.2, 0.25) is 5.91 Å². The van der Waals surface area contributed by atoms with Crippen LogP contribution in [0.5, 0.6) is 0 Å². The number of pyridine rings is 1. The second-order valence-corrected chi connectivity index (χ2v) is 7.06. The number of aromatic nitrogens is 1. The molecule has 0 unspecified atom stereocenters. The summed E-state index contributed by atoms with van der Waals surface area (Å²) in [6, 6.07) is 1.40. The van der Waals surface area contributed by atoms with Crippen molar-refractivity contribution in [1.29, 1.82) is 0 Å². The molecule has 0 aliphatic heterocycles. The van der Waals surface area contributed by atoms with Gasteiger partial charge in [0.15, 0.2) is 0 Å². The Labute approximate surface area is 122 Å². The highest BCUT2D eigenvalue weighted by Crippen LogP contribution is 2.15. The third-order valence-corrected chi connectivity index (χ3v) is 4.33. The highest BCUT2D eigenvalue weighted by Gasteiger charge is 2.19. The van der Waals surface area contributed by atoms with E-state index in [1.807, 2.05) is 13.8 Å². The van der Waals surface area contributed by atoms with E-state index in [0.717, 1.165) is 12.8 Å². The SMILES string of the molecule is CCC[C@H](C)CC(=O)NS(=O)(=O)c1cncc(Br)c1. The van der Waals surface area contributed by atoms with Gasteiger partial charge in [0, 0.05) is 23.3 Å². The van der Waals surface area contributed by atoms with Crippen molar-refractivity contribution < 1.29 is 13.2 Å². The maximum Gasteiger partial charge on any atom is 0.265 e. The lowest BCUT2D eigenvalue weighted by atomic mass is 10.0. The van der Waals surface area contributed by atoms with Crippen molar-refractivity contribution in [3.05, 3.63) is 22.9 Å². The molecule has 1 rings (SSSR count). The third-order valence-electron chi connectivity index (χ3n) is 2.55. The Kier molecular flexibility index (Phi) is 5.93. The van der Waals surface area contributed by atoms with Gasteiger partial charge in [0.1, 0.15) is 4.90 Å². The van der Waals surface area contributed by atoms with Crippen LogP contribution in [-0.2, 0) is 14.8 Å². The minimum atomic E-state index is -3.83. The number of halogens is 1. The van der Waals surface area contributed by atoms with Gasteiger partial charge in [-0.25, -0.2) is 13.1 Å². The quantitative estimate of drug-likeness (QED) is 0.856. The van der Waals surface area contributed by atoms with Gasteiger partial charge < -0.3 is 0 Å². The molecule has 19 heavy (non-hydrogen) atoms. The van der Waals surface area contributed by atoms with E-state index in [1.54, 1.807) is 0 Å². The number of hydrogen-bond acceptors (Lipinski definition) is 4. The molecular weight excluding hydrogens is 332 g/mol. The van der Waals surface area contributed by atoms with E-state index in [2.05, 4.69) is 25.6 Å². The zero-order valence-corrected chi connectivity index (χ0v) is 13.3. The van der Waals surface area contributed by atoms with Crippen LogP contribution in [0.4, 0.5) is 0 Å². The number of nitrogens with one attached hydrogen (secondary N) is 1. The van der Waals surface area contributed by atoms with Gasteiger partial charge in [0.05, 0.1) is 0 Å². The van der Waals surface area contributed by atoms with Crippen molar-refractivity contribution in [3.8, 4) is 0 Å². The molecule has 0 saturated heterocycles. The van der Waals surface area contributed by atoms with E-state index in [1.165, 1.54) is 18.5 Å². The molecule has 0 radical (unpaired) electrons. The van der Waals surface area contributed by atoms with Crippen molar-refractivity contribution >= 4 is 31.9 Å². The Bertz CT molecular complexity index is 546. The summed E-state index contributed by atoms with van der Waals surface area (Å²) in [5.74, 6) is -0.318. The highest BCUT2D eigenvalue weighted by molar-refractivity contribution is 9.10. The molecule has 0 aliphatic carbocycles. The van der Waals surface area contributed by atoms with Crippen LogP contribution >= 0.6 is 15.9 Å². The monoisotopic (exact) mass is 348 g/mol. The maximum absolute atomic E-state index is 11.9. The molecule has 0 aliphatic rings. The molecule has 106 valence electrons. The highest BCUT2D eigenvalue weighted by atomic mass is 79.9. The predicted octanol–water partition coefficient (Wildman–Crippen LogP) is 2.48. The van der Waals surface area contributed by atoms with E-state index in [0.29, 0.717) is 4.47 Å². The molecule has 1 aromatic heterocycles. The average molecular weight is 349 g/mol. The topological polar surface area (TPSA) is 76.1 Å². The van der Waals surface area contributed by atoms with Gasteiger partial charge in [-0.05, 0) is 27.9 Å². The second kappa shape index (κ2) is 7.00. The molecule has 7 heteroatoms. The molecule has 0 saturated carbocycles. The summed E-state index contributed by atoms with van der Waals surface area (Å²) >= 11 is 3.14. The first-order valence-electron chi connectivity index (χ1n) is 6.01. The fourth-order valence-corrected chi connectivity index (χ4v) is 3.20. The first kappa shape index (κ1) is 16.1. The number of sulfonamides is 1. The first-order chi connectivity index (χ1) is 8.85. The maximum atomic E-state index is 11.9. The Morgan fingerprint density at radius 3 is 2.74 bits per heavy atom. The summed E-state index contributed by atoms with van der Waals surface area (Å²) in [6.45, 7) is 3.95. The molecule has 1 heterocycles. The fraction of sp³-hybridized carbons (Fsp3) is 0.500. The van der Waals surface area contributed by atoms with Crippen molar-refractivity contribution in [2.45, 2.75) is 38.0 Å². The standard InChI is InChI=1S/C12H17BrN2O3S/c1-3-4-9(2)5-12(16)15-19(17,18)11-6-10(13)7-14-8-11/h6-9H,3-5H2,1-2H3,(H,15,16)/t9-/m0/s1. The van der Waals surface area contributed by atoms with Gasteiger partial charge in [-0.2, -0.15) is 0 Å². The van der Waals surface area contributed by atoms with E-state index in [9.17, 15) is 13.2 Å². The molecular formula is C12H17BrN2O3S. The van der Waals surface area contributed by atoms with E-state index >= 15 is 0 Å². The number of nitrogens with zero attached hydrogens (tertiary/aromatic N) is 1. The molecule has 0 bridgehead atoms. The molecule has 1 atom stereocenters. The molecule has 1 amide bonds. The van der Waals surface area contributed by atoms with Crippen LogP contribution in [0.25, 0.3) is 0 Å². The minimum absolute atomic E-state index is 0.0293. The Morgan fingerprint density at radius 1 is 1.47 bits per heavy atom. The van der Waals surface area contributed by atoms with E-state index < -0.39 is 15.9 Å². The Hall–Kier alpha value is -0.950. The van der Waals surface area contributed by atoms with Gasteiger partial charge in [0.25, 0.3) is 10.0 Å². The number of carbonyl (C=O) groups is 1. The van der Waals surface area contributed by atoms with Crippen molar-refractivity contribution in [3.63, 3.8) is 0 Å². The Balaban J connectivity index is 2.72. The first-order valence-corrected chi connectivity index (χ1v) is 8.29. The normalized spacial score (nSPS) is 13.0. The summed E-state index contributed by atoms with van der Waals surface area (Å²) < 4.78 is 26.5. The van der Waals surface area contributed by atoms with Gasteiger partial charge in [-0.15, -0.1) is 0 Å². The summed E-state index contributed by atoms with van der Waals surface area (Å²) in [6.07, 6.45) is 4.75. The summed E-state index contributed by atoms with van der Waals surface area (Å²) in [4.78, 5) is 15.4. The van der Waals surface area contributed by atoms with Gasteiger partial charge >= 0.3 is 0 Å². The van der Waals surface area contributed by atoms with Crippen LogP contribution in [-0.4, -0.2) is 19.3 Å². The Morgan fingerprint density at radius 2 is 2.16 bits per heavy atom. The lowest BCUT2D eigenvalue weighted by Gasteiger charge is -2.10. The van der Waals surface area contributed by atoms with Crippen LogP contribution < -0.4 is 4.72 Å². The fourth-order valence-electron chi connectivity index (χ4n) is 1.70.